The third kappa shape index (κ3) is 4.28. The molecule has 3 heteroatoms. The van der Waals surface area contributed by atoms with Gasteiger partial charge in [0.15, 0.2) is 0 Å². The van der Waals surface area contributed by atoms with Crippen LogP contribution >= 0.6 is 15.9 Å². The van der Waals surface area contributed by atoms with Crippen molar-refractivity contribution in [3.05, 3.63) is 34.1 Å². The van der Waals surface area contributed by atoms with Crippen LogP contribution in [-0.4, -0.2) is 6.04 Å². The molecule has 1 fully saturated rings. The molecule has 1 N–H and O–H groups in total. The number of halogens is 2. The van der Waals surface area contributed by atoms with Gasteiger partial charge < -0.3 is 5.32 Å². The second kappa shape index (κ2) is 7.39. The van der Waals surface area contributed by atoms with Gasteiger partial charge in [0.25, 0.3) is 0 Å². The zero-order valence-electron chi connectivity index (χ0n) is 11.6. The molecule has 0 amide bonds. The molecular formula is C16H23BrFN. The van der Waals surface area contributed by atoms with E-state index in [4.69, 9.17) is 0 Å². The minimum absolute atomic E-state index is 0.179. The third-order valence-electron chi connectivity index (χ3n) is 4.25. The van der Waals surface area contributed by atoms with Crippen molar-refractivity contribution in [2.45, 2.75) is 58.0 Å². The van der Waals surface area contributed by atoms with Crippen molar-refractivity contribution in [2.75, 3.05) is 0 Å². The lowest BCUT2D eigenvalue weighted by atomic mass is 9.93. The van der Waals surface area contributed by atoms with Crippen molar-refractivity contribution in [1.82, 2.24) is 5.32 Å². The van der Waals surface area contributed by atoms with Crippen LogP contribution in [0.3, 0.4) is 0 Å². The number of hydrogen-bond acceptors (Lipinski definition) is 1. The van der Waals surface area contributed by atoms with Crippen molar-refractivity contribution >= 4 is 15.9 Å². The average molecular weight is 328 g/mol. The lowest BCUT2D eigenvalue weighted by Crippen LogP contribution is -2.33. The smallest absolute Gasteiger partial charge is 0.137 e. The van der Waals surface area contributed by atoms with E-state index >= 15 is 0 Å². The largest absolute Gasteiger partial charge is 0.310 e. The predicted octanol–water partition coefficient (Wildman–Crippen LogP) is 5.04. The van der Waals surface area contributed by atoms with E-state index in [1.807, 2.05) is 6.07 Å². The van der Waals surface area contributed by atoms with Crippen molar-refractivity contribution in [1.29, 1.82) is 0 Å². The van der Waals surface area contributed by atoms with Crippen LogP contribution in [-0.2, 0) is 6.54 Å². The number of rotatable bonds is 4. The fourth-order valence-electron chi connectivity index (χ4n) is 2.93. The number of benzene rings is 1. The molecule has 0 aromatic heterocycles. The third-order valence-corrected chi connectivity index (χ3v) is 5.14. The molecule has 0 heterocycles. The van der Waals surface area contributed by atoms with Gasteiger partial charge in [-0.3, -0.25) is 0 Å². The quantitative estimate of drug-likeness (QED) is 0.764. The van der Waals surface area contributed by atoms with Gasteiger partial charge in [-0.05, 0) is 53.2 Å². The summed E-state index contributed by atoms with van der Waals surface area (Å²) in [4.78, 5) is 0. The molecule has 2 rings (SSSR count). The highest BCUT2D eigenvalue weighted by molar-refractivity contribution is 9.10. The summed E-state index contributed by atoms with van der Waals surface area (Å²) in [6.07, 6.45) is 8.16. The van der Waals surface area contributed by atoms with Gasteiger partial charge in [0.05, 0.1) is 4.47 Å². The first-order valence-electron chi connectivity index (χ1n) is 7.34. The van der Waals surface area contributed by atoms with E-state index in [9.17, 15) is 4.39 Å². The predicted molar refractivity (Wildman–Crippen MR) is 81.6 cm³/mol. The van der Waals surface area contributed by atoms with Gasteiger partial charge in [-0.15, -0.1) is 0 Å². The average Bonchev–Trinajstić information content (AvgIpc) is 2.69. The van der Waals surface area contributed by atoms with Crippen molar-refractivity contribution in [2.24, 2.45) is 5.92 Å². The van der Waals surface area contributed by atoms with E-state index in [2.05, 4.69) is 28.2 Å². The maximum atomic E-state index is 13.4. The molecule has 0 spiro atoms. The summed E-state index contributed by atoms with van der Waals surface area (Å²) < 4.78 is 14.0. The highest BCUT2D eigenvalue weighted by Crippen LogP contribution is 2.26. The Hall–Kier alpha value is -0.410. The summed E-state index contributed by atoms with van der Waals surface area (Å²) in [6.45, 7) is 3.00. The van der Waals surface area contributed by atoms with E-state index in [0.29, 0.717) is 10.5 Å². The molecule has 0 aliphatic heterocycles. The maximum Gasteiger partial charge on any atom is 0.137 e. The van der Waals surface area contributed by atoms with Gasteiger partial charge in [-0.1, -0.05) is 37.8 Å². The maximum absolute atomic E-state index is 13.4. The Morgan fingerprint density at radius 2 is 1.95 bits per heavy atom. The molecule has 1 nitrogen and oxygen atoms in total. The molecular weight excluding hydrogens is 305 g/mol. The normalized spacial score (nSPS) is 19.1. The van der Waals surface area contributed by atoms with Gasteiger partial charge in [-0.25, -0.2) is 4.39 Å². The Morgan fingerprint density at radius 1 is 1.26 bits per heavy atom. The Labute approximate surface area is 124 Å². The van der Waals surface area contributed by atoms with Gasteiger partial charge in [0.2, 0.25) is 0 Å². The van der Waals surface area contributed by atoms with Crippen LogP contribution in [0.15, 0.2) is 22.7 Å². The van der Waals surface area contributed by atoms with E-state index in [1.54, 1.807) is 6.07 Å². The summed E-state index contributed by atoms with van der Waals surface area (Å²) in [6, 6.07) is 5.74. The van der Waals surface area contributed by atoms with Gasteiger partial charge in [-0.2, -0.15) is 0 Å². The molecule has 1 aliphatic carbocycles. The van der Waals surface area contributed by atoms with Crippen LogP contribution in [0.2, 0.25) is 0 Å². The van der Waals surface area contributed by atoms with Crippen LogP contribution in [0.25, 0.3) is 0 Å². The molecule has 1 atom stereocenters. The van der Waals surface area contributed by atoms with Crippen LogP contribution in [0.4, 0.5) is 4.39 Å². The Balaban J connectivity index is 1.88. The van der Waals surface area contributed by atoms with Crippen molar-refractivity contribution in [3.63, 3.8) is 0 Å². The molecule has 1 aromatic carbocycles. The van der Waals surface area contributed by atoms with E-state index < -0.39 is 0 Å². The molecule has 0 saturated heterocycles. The molecule has 106 valence electrons. The lowest BCUT2D eigenvalue weighted by Gasteiger charge is -2.24. The van der Waals surface area contributed by atoms with Gasteiger partial charge >= 0.3 is 0 Å². The van der Waals surface area contributed by atoms with Crippen LogP contribution in [0.1, 0.15) is 51.0 Å². The van der Waals surface area contributed by atoms with E-state index in [-0.39, 0.29) is 5.82 Å². The summed E-state index contributed by atoms with van der Waals surface area (Å²) in [7, 11) is 0. The number of hydrogen-bond donors (Lipinski definition) is 1. The second-order valence-corrected chi connectivity index (χ2v) is 6.43. The summed E-state index contributed by atoms with van der Waals surface area (Å²) in [5.74, 6) is 0.594. The van der Waals surface area contributed by atoms with Crippen LogP contribution in [0, 0.1) is 11.7 Å². The first-order valence-corrected chi connectivity index (χ1v) is 8.14. The highest BCUT2D eigenvalue weighted by atomic mass is 79.9. The second-order valence-electron chi connectivity index (χ2n) is 5.63. The first-order chi connectivity index (χ1) is 9.18. The van der Waals surface area contributed by atoms with Crippen molar-refractivity contribution < 1.29 is 4.39 Å². The number of nitrogens with one attached hydrogen (secondary N) is 1. The minimum atomic E-state index is -0.179. The van der Waals surface area contributed by atoms with Gasteiger partial charge in [0.1, 0.15) is 5.82 Å². The first kappa shape index (κ1) is 15.0. The Morgan fingerprint density at radius 3 is 2.63 bits per heavy atom. The van der Waals surface area contributed by atoms with E-state index in [0.717, 1.165) is 18.0 Å². The Kier molecular flexibility index (Phi) is 5.83. The summed E-state index contributed by atoms with van der Waals surface area (Å²) in [5.41, 5.74) is 1.00. The lowest BCUT2D eigenvalue weighted by molar-refractivity contribution is 0.336. The fourth-order valence-corrected chi connectivity index (χ4v) is 3.34. The molecule has 1 aromatic rings. The fraction of sp³-hybridized carbons (Fsp3) is 0.625. The standard InChI is InChI=1S/C16H23BrFN/c1-12(13-7-4-2-3-5-8-13)19-11-14-9-6-10-15(18)16(14)17/h6,9-10,12-13,19H,2-5,7-8,11H2,1H3/t12-/m0/s1. The molecule has 1 saturated carbocycles. The molecule has 1 aliphatic rings. The topological polar surface area (TPSA) is 12.0 Å². The molecule has 0 bridgehead atoms. The van der Waals surface area contributed by atoms with Crippen LogP contribution < -0.4 is 5.32 Å². The molecule has 19 heavy (non-hydrogen) atoms. The monoisotopic (exact) mass is 327 g/mol. The Bertz CT molecular complexity index is 400. The van der Waals surface area contributed by atoms with Crippen LogP contribution in [0.5, 0.6) is 0 Å². The van der Waals surface area contributed by atoms with Crippen molar-refractivity contribution in [3.8, 4) is 0 Å². The molecule has 0 radical (unpaired) electrons. The highest BCUT2D eigenvalue weighted by Gasteiger charge is 2.18. The summed E-state index contributed by atoms with van der Waals surface area (Å²) >= 11 is 3.32. The SMILES string of the molecule is C[C@H](NCc1cccc(F)c1Br)C1CCCCCC1. The zero-order valence-corrected chi connectivity index (χ0v) is 13.2. The minimum Gasteiger partial charge on any atom is -0.310 e. The summed E-state index contributed by atoms with van der Waals surface area (Å²) in [5, 5.41) is 3.57. The van der Waals surface area contributed by atoms with Gasteiger partial charge in [0, 0.05) is 12.6 Å². The van der Waals surface area contributed by atoms with E-state index in [1.165, 1.54) is 44.6 Å². The zero-order chi connectivity index (χ0) is 13.7. The molecule has 0 unspecified atom stereocenters.